The van der Waals surface area contributed by atoms with E-state index in [1.165, 1.54) is 0 Å². The van der Waals surface area contributed by atoms with Crippen LogP contribution in [0.25, 0.3) is 10.9 Å². The van der Waals surface area contributed by atoms with E-state index in [1.54, 1.807) is 0 Å². The number of para-hydroxylation sites is 1. The van der Waals surface area contributed by atoms with Crippen molar-refractivity contribution in [2.45, 2.75) is 32.1 Å². The molecule has 0 saturated heterocycles. The first-order valence-corrected chi connectivity index (χ1v) is 7.21. The molecule has 7 heteroatoms. The van der Waals surface area contributed by atoms with Crippen LogP contribution in [0.5, 0.6) is 0 Å². The number of primary amides is 1. The molecule has 120 valence electrons. The van der Waals surface area contributed by atoms with Crippen LogP contribution in [0.2, 0.25) is 0 Å². The topological polar surface area (TPSA) is 107 Å². The van der Waals surface area contributed by atoms with Gasteiger partial charge >= 0.3 is 0 Å². The van der Waals surface area contributed by atoms with Crippen molar-refractivity contribution in [2.24, 2.45) is 5.73 Å². The van der Waals surface area contributed by atoms with Crippen LogP contribution in [-0.4, -0.2) is 22.4 Å². The van der Waals surface area contributed by atoms with Crippen LogP contribution in [0.1, 0.15) is 32.1 Å². The normalized spacial score (nSPS) is 10.2. The highest BCUT2D eigenvalue weighted by Gasteiger charge is 2.03. The van der Waals surface area contributed by atoms with Crippen LogP contribution in [0, 0.1) is 0 Å². The first-order valence-electron chi connectivity index (χ1n) is 7.21. The van der Waals surface area contributed by atoms with Gasteiger partial charge in [0, 0.05) is 18.4 Å². The Kier molecular flexibility index (Phi) is 7.39. The molecule has 1 amide bonds. The smallest absolute Gasteiger partial charge is 0.225 e. The van der Waals surface area contributed by atoms with Gasteiger partial charge in [0.05, 0.1) is 5.52 Å². The van der Waals surface area contributed by atoms with E-state index < -0.39 is 0 Å². The number of halogens is 1. The SMILES string of the molecule is Cl.NC(=O)CCCCCCNc1nc(N)c2ccccc2n1. The molecule has 1 aromatic heterocycles. The van der Waals surface area contributed by atoms with E-state index in [0.29, 0.717) is 18.2 Å². The van der Waals surface area contributed by atoms with Crippen LogP contribution in [0.3, 0.4) is 0 Å². The number of nitrogen functional groups attached to an aromatic ring is 1. The number of carbonyl (C=O) groups excluding carboxylic acids is 1. The van der Waals surface area contributed by atoms with E-state index in [4.69, 9.17) is 11.5 Å². The largest absolute Gasteiger partial charge is 0.383 e. The first-order chi connectivity index (χ1) is 10.2. The van der Waals surface area contributed by atoms with Crippen molar-refractivity contribution >= 4 is 41.0 Å². The molecule has 0 aliphatic carbocycles. The molecule has 0 unspecified atom stereocenters. The van der Waals surface area contributed by atoms with Crippen molar-refractivity contribution in [3.8, 4) is 0 Å². The maximum absolute atomic E-state index is 10.6. The standard InChI is InChI=1S/C15H21N5O.ClH/c16-13(21)9-3-1-2-6-10-18-15-19-12-8-5-4-7-11(12)14(17)20-15;/h4-5,7-8H,1-3,6,9-10H2,(H2,16,21)(H3,17,18,19,20);1H. The van der Waals surface area contributed by atoms with Gasteiger partial charge in [-0.2, -0.15) is 4.98 Å². The molecule has 6 nitrogen and oxygen atoms in total. The van der Waals surface area contributed by atoms with Crippen molar-refractivity contribution in [3.05, 3.63) is 24.3 Å². The number of hydrogen-bond acceptors (Lipinski definition) is 5. The monoisotopic (exact) mass is 323 g/mol. The number of unbranched alkanes of at least 4 members (excludes halogenated alkanes) is 3. The summed E-state index contributed by atoms with van der Waals surface area (Å²) >= 11 is 0. The molecule has 0 spiro atoms. The molecular weight excluding hydrogens is 302 g/mol. The summed E-state index contributed by atoms with van der Waals surface area (Å²) in [5.41, 5.74) is 11.9. The van der Waals surface area contributed by atoms with Crippen molar-refractivity contribution in [2.75, 3.05) is 17.6 Å². The first kappa shape index (κ1) is 18.0. The zero-order chi connectivity index (χ0) is 15.1. The Morgan fingerprint density at radius 2 is 1.82 bits per heavy atom. The van der Waals surface area contributed by atoms with Crippen LogP contribution >= 0.6 is 12.4 Å². The highest BCUT2D eigenvalue weighted by molar-refractivity contribution is 5.88. The van der Waals surface area contributed by atoms with Crippen molar-refractivity contribution in [3.63, 3.8) is 0 Å². The van der Waals surface area contributed by atoms with Crippen LogP contribution in [0.4, 0.5) is 11.8 Å². The molecule has 22 heavy (non-hydrogen) atoms. The highest BCUT2D eigenvalue weighted by Crippen LogP contribution is 2.18. The second-order valence-electron chi connectivity index (χ2n) is 5.01. The van der Waals surface area contributed by atoms with Crippen molar-refractivity contribution in [1.82, 2.24) is 9.97 Å². The van der Waals surface area contributed by atoms with Gasteiger partial charge in [-0.3, -0.25) is 4.79 Å². The number of amides is 1. The maximum Gasteiger partial charge on any atom is 0.225 e. The number of fused-ring (bicyclic) bond motifs is 1. The molecule has 2 rings (SSSR count). The van der Waals surface area contributed by atoms with E-state index >= 15 is 0 Å². The average Bonchev–Trinajstić information content (AvgIpc) is 2.46. The summed E-state index contributed by atoms with van der Waals surface area (Å²) in [6, 6.07) is 7.67. The van der Waals surface area contributed by atoms with E-state index in [9.17, 15) is 4.79 Å². The molecule has 5 N–H and O–H groups in total. The average molecular weight is 324 g/mol. The number of hydrogen-bond donors (Lipinski definition) is 3. The Labute approximate surface area is 136 Å². The number of aromatic nitrogens is 2. The number of nitrogens with one attached hydrogen (secondary N) is 1. The third kappa shape index (κ3) is 5.37. The van der Waals surface area contributed by atoms with Gasteiger partial charge in [0.15, 0.2) is 0 Å². The second-order valence-corrected chi connectivity index (χ2v) is 5.01. The van der Waals surface area contributed by atoms with Gasteiger partial charge in [-0.15, -0.1) is 12.4 Å². The minimum Gasteiger partial charge on any atom is -0.383 e. The minimum absolute atomic E-state index is 0. The van der Waals surface area contributed by atoms with E-state index in [2.05, 4.69) is 15.3 Å². The van der Waals surface area contributed by atoms with Crippen molar-refractivity contribution < 1.29 is 4.79 Å². The van der Waals surface area contributed by atoms with Crippen LogP contribution in [-0.2, 0) is 4.79 Å². The third-order valence-corrected chi connectivity index (χ3v) is 3.27. The third-order valence-electron chi connectivity index (χ3n) is 3.27. The van der Waals surface area contributed by atoms with Crippen LogP contribution < -0.4 is 16.8 Å². The van der Waals surface area contributed by atoms with E-state index in [-0.39, 0.29) is 18.3 Å². The van der Waals surface area contributed by atoms with Gasteiger partial charge in [0.2, 0.25) is 11.9 Å². The summed E-state index contributed by atoms with van der Waals surface area (Å²) in [6.07, 6.45) is 4.37. The Bertz CT molecular complexity index is 620. The Hall–Kier alpha value is -2.08. The summed E-state index contributed by atoms with van der Waals surface area (Å²) in [5, 5.41) is 4.05. The molecule has 1 heterocycles. The summed E-state index contributed by atoms with van der Waals surface area (Å²) in [6.45, 7) is 0.786. The number of nitrogens with two attached hydrogens (primary N) is 2. The Balaban J connectivity index is 0.00000242. The zero-order valence-corrected chi connectivity index (χ0v) is 13.2. The predicted molar refractivity (Wildman–Crippen MR) is 92.0 cm³/mol. The molecule has 1 aromatic carbocycles. The molecule has 0 atom stereocenters. The van der Waals surface area contributed by atoms with Gasteiger partial charge in [-0.1, -0.05) is 25.0 Å². The lowest BCUT2D eigenvalue weighted by Gasteiger charge is -2.07. The lowest BCUT2D eigenvalue weighted by molar-refractivity contribution is -0.118. The highest BCUT2D eigenvalue weighted by atomic mass is 35.5. The number of carbonyl (C=O) groups is 1. The Morgan fingerprint density at radius 1 is 1.09 bits per heavy atom. The number of anilines is 2. The summed E-state index contributed by atoms with van der Waals surface area (Å²) in [4.78, 5) is 19.3. The number of nitrogens with zero attached hydrogens (tertiary/aromatic N) is 2. The van der Waals surface area contributed by atoms with E-state index in [1.807, 2.05) is 24.3 Å². The number of rotatable bonds is 8. The van der Waals surface area contributed by atoms with Crippen molar-refractivity contribution in [1.29, 1.82) is 0 Å². The fourth-order valence-corrected chi connectivity index (χ4v) is 2.16. The molecule has 0 aliphatic rings. The quantitative estimate of drug-likeness (QED) is 0.647. The number of benzene rings is 1. The molecule has 0 radical (unpaired) electrons. The predicted octanol–water partition coefficient (Wildman–Crippen LogP) is 2.48. The summed E-state index contributed by atoms with van der Waals surface area (Å²) < 4.78 is 0. The van der Waals surface area contributed by atoms with E-state index in [0.717, 1.165) is 43.1 Å². The summed E-state index contributed by atoms with van der Waals surface area (Å²) in [5.74, 6) is 0.820. The second kappa shape index (κ2) is 9.04. The molecule has 2 aromatic rings. The van der Waals surface area contributed by atoms with Gasteiger partial charge in [0.1, 0.15) is 5.82 Å². The zero-order valence-electron chi connectivity index (χ0n) is 12.4. The molecule has 0 fully saturated rings. The lowest BCUT2D eigenvalue weighted by Crippen LogP contribution is -2.10. The Morgan fingerprint density at radius 3 is 2.59 bits per heavy atom. The minimum atomic E-state index is -0.229. The van der Waals surface area contributed by atoms with Gasteiger partial charge in [-0.25, -0.2) is 4.98 Å². The fourth-order valence-electron chi connectivity index (χ4n) is 2.16. The van der Waals surface area contributed by atoms with Gasteiger partial charge in [-0.05, 0) is 25.0 Å². The molecular formula is C15H22ClN5O. The molecule has 0 aliphatic heterocycles. The molecule has 0 saturated carbocycles. The molecule has 0 bridgehead atoms. The maximum atomic E-state index is 10.6. The van der Waals surface area contributed by atoms with Gasteiger partial charge < -0.3 is 16.8 Å². The van der Waals surface area contributed by atoms with Crippen LogP contribution in [0.15, 0.2) is 24.3 Å². The fraction of sp³-hybridized carbons (Fsp3) is 0.400. The van der Waals surface area contributed by atoms with Gasteiger partial charge in [0.25, 0.3) is 0 Å². The summed E-state index contributed by atoms with van der Waals surface area (Å²) in [7, 11) is 0. The lowest BCUT2D eigenvalue weighted by atomic mass is 10.1.